The predicted molar refractivity (Wildman–Crippen MR) is 99.2 cm³/mol. The number of halogens is 6. The third-order valence-electron chi connectivity index (χ3n) is 5.17. The van der Waals surface area contributed by atoms with Crippen molar-refractivity contribution in [3.05, 3.63) is 70.8 Å². The average molecular weight is 446 g/mol. The van der Waals surface area contributed by atoms with Crippen molar-refractivity contribution in [2.24, 2.45) is 5.92 Å². The molecule has 0 amide bonds. The van der Waals surface area contributed by atoms with E-state index < -0.39 is 35.7 Å². The van der Waals surface area contributed by atoms with Crippen LogP contribution in [0.3, 0.4) is 0 Å². The van der Waals surface area contributed by atoms with Crippen molar-refractivity contribution in [3.8, 4) is 0 Å². The van der Waals surface area contributed by atoms with Crippen LogP contribution in [0.25, 0.3) is 0 Å². The van der Waals surface area contributed by atoms with Crippen molar-refractivity contribution >= 4 is 6.29 Å². The quantitative estimate of drug-likeness (QED) is 0.426. The van der Waals surface area contributed by atoms with Crippen LogP contribution < -0.4 is 0 Å². The van der Waals surface area contributed by atoms with Crippen molar-refractivity contribution in [2.45, 2.75) is 37.4 Å². The first-order chi connectivity index (χ1) is 14.6. The van der Waals surface area contributed by atoms with E-state index in [2.05, 4.69) is 0 Å². The molecule has 3 nitrogen and oxygen atoms in total. The number of alkyl halides is 6. The molecular weight excluding hydrogens is 426 g/mol. The molecule has 0 N–H and O–H groups in total. The van der Waals surface area contributed by atoms with Gasteiger partial charge in [0.25, 0.3) is 0 Å². The summed E-state index contributed by atoms with van der Waals surface area (Å²) in [5.74, 6) is -0.786. The Kier molecular flexibility index (Phi) is 7.06. The van der Waals surface area contributed by atoms with Gasteiger partial charge < -0.3 is 14.3 Å². The third kappa shape index (κ3) is 5.86. The highest BCUT2D eigenvalue weighted by Crippen LogP contribution is 2.37. The van der Waals surface area contributed by atoms with Gasteiger partial charge in [0.1, 0.15) is 6.29 Å². The molecule has 0 aromatic heterocycles. The maximum absolute atomic E-state index is 13.0. The van der Waals surface area contributed by atoms with E-state index in [0.29, 0.717) is 18.6 Å². The Labute approximate surface area is 175 Å². The number of carbonyl (C=O) groups is 1. The van der Waals surface area contributed by atoms with Crippen molar-refractivity contribution in [1.29, 1.82) is 0 Å². The normalized spacial score (nSPS) is 22.3. The van der Waals surface area contributed by atoms with Gasteiger partial charge in [0, 0.05) is 11.8 Å². The first-order valence-corrected chi connectivity index (χ1v) is 9.61. The monoisotopic (exact) mass is 446 g/mol. The molecule has 3 atom stereocenters. The van der Waals surface area contributed by atoms with E-state index in [-0.39, 0.29) is 37.2 Å². The Hall–Kier alpha value is -2.39. The van der Waals surface area contributed by atoms with Crippen molar-refractivity contribution in [2.75, 3.05) is 13.2 Å². The Bertz CT molecular complexity index is 847. The zero-order valence-electron chi connectivity index (χ0n) is 16.2. The minimum atomic E-state index is -4.90. The number of aldehydes is 1. The minimum Gasteiger partial charge on any atom is -0.352 e. The van der Waals surface area contributed by atoms with Gasteiger partial charge in [0.2, 0.25) is 0 Å². The summed E-state index contributed by atoms with van der Waals surface area (Å²) < 4.78 is 89.4. The summed E-state index contributed by atoms with van der Waals surface area (Å²) in [5.41, 5.74) is -2.08. The standard InChI is InChI=1S/C22H20F6O3/c23-21(24,25)17-10-14(11-18(12-17)22(26,27)28)6-8-30-20-19(15-4-2-1-3-5-15)16(13-29)7-9-31-20/h1-5,10-13,16,19-20H,6-9H2/t16-,19-,20-/m0/s1. The van der Waals surface area contributed by atoms with Crippen molar-refractivity contribution in [3.63, 3.8) is 0 Å². The molecule has 0 unspecified atom stereocenters. The molecule has 0 radical (unpaired) electrons. The van der Waals surface area contributed by atoms with Gasteiger partial charge >= 0.3 is 12.4 Å². The van der Waals surface area contributed by atoms with Gasteiger partial charge in [-0.3, -0.25) is 0 Å². The lowest BCUT2D eigenvalue weighted by Crippen LogP contribution is -2.37. The first-order valence-electron chi connectivity index (χ1n) is 9.61. The molecule has 1 aliphatic rings. The molecule has 1 fully saturated rings. The summed E-state index contributed by atoms with van der Waals surface area (Å²) in [6, 6.07) is 10.5. The van der Waals surface area contributed by atoms with E-state index in [0.717, 1.165) is 11.8 Å². The molecule has 1 aliphatic heterocycles. The van der Waals surface area contributed by atoms with Crippen LogP contribution >= 0.6 is 0 Å². The molecule has 0 spiro atoms. The topological polar surface area (TPSA) is 35.5 Å². The van der Waals surface area contributed by atoms with Gasteiger partial charge in [-0.2, -0.15) is 26.3 Å². The van der Waals surface area contributed by atoms with Crippen LogP contribution in [-0.4, -0.2) is 25.8 Å². The lowest BCUT2D eigenvalue weighted by Gasteiger charge is -2.35. The van der Waals surface area contributed by atoms with E-state index in [1.165, 1.54) is 0 Å². The summed E-state index contributed by atoms with van der Waals surface area (Å²) in [7, 11) is 0. The molecule has 9 heteroatoms. The summed E-state index contributed by atoms with van der Waals surface area (Å²) in [6.45, 7) is 0.0946. The van der Waals surface area contributed by atoms with Crippen molar-refractivity contribution < 1.29 is 40.6 Å². The fourth-order valence-corrected chi connectivity index (χ4v) is 3.65. The van der Waals surface area contributed by atoms with Crippen molar-refractivity contribution in [1.82, 2.24) is 0 Å². The second-order valence-corrected chi connectivity index (χ2v) is 7.30. The summed E-state index contributed by atoms with van der Waals surface area (Å²) >= 11 is 0. The molecule has 1 saturated heterocycles. The Morgan fingerprint density at radius 1 is 0.968 bits per heavy atom. The van der Waals surface area contributed by atoms with Crippen LogP contribution in [0.2, 0.25) is 0 Å². The molecule has 2 aromatic rings. The lowest BCUT2D eigenvalue weighted by atomic mass is 9.83. The summed E-state index contributed by atoms with van der Waals surface area (Å²) in [5, 5.41) is 0. The smallest absolute Gasteiger partial charge is 0.352 e. The van der Waals surface area contributed by atoms with Crippen LogP contribution in [0.4, 0.5) is 26.3 Å². The van der Waals surface area contributed by atoms with E-state index >= 15 is 0 Å². The minimum absolute atomic E-state index is 0.0920. The maximum atomic E-state index is 13.0. The second kappa shape index (κ2) is 9.40. The molecule has 0 aliphatic carbocycles. The van der Waals surface area contributed by atoms with Gasteiger partial charge in [-0.1, -0.05) is 30.3 Å². The molecular formula is C22H20F6O3. The van der Waals surface area contributed by atoms with Crippen LogP contribution in [0, 0.1) is 5.92 Å². The molecule has 0 bridgehead atoms. The molecule has 1 heterocycles. The van der Waals surface area contributed by atoms with Crippen LogP contribution in [0.15, 0.2) is 48.5 Å². The molecule has 0 saturated carbocycles. The molecule has 31 heavy (non-hydrogen) atoms. The lowest BCUT2D eigenvalue weighted by molar-refractivity contribution is -0.186. The first kappa shape index (κ1) is 23.3. The summed E-state index contributed by atoms with van der Waals surface area (Å²) in [4.78, 5) is 11.5. The predicted octanol–water partition coefficient (Wildman–Crippen LogP) is 5.63. The average Bonchev–Trinajstić information content (AvgIpc) is 2.72. The fourth-order valence-electron chi connectivity index (χ4n) is 3.65. The van der Waals surface area contributed by atoms with E-state index in [4.69, 9.17) is 9.47 Å². The Balaban J connectivity index is 1.76. The van der Waals surface area contributed by atoms with Crippen LogP contribution in [0.5, 0.6) is 0 Å². The molecule has 168 valence electrons. The fraction of sp³-hybridized carbons (Fsp3) is 0.409. The number of benzene rings is 2. The molecule has 2 aromatic carbocycles. The maximum Gasteiger partial charge on any atom is 0.416 e. The highest BCUT2D eigenvalue weighted by Gasteiger charge is 2.38. The Morgan fingerprint density at radius 2 is 1.58 bits per heavy atom. The highest BCUT2D eigenvalue weighted by atomic mass is 19.4. The van der Waals surface area contributed by atoms with Gasteiger partial charge in [0.15, 0.2) is 6.29 Å². The summed E-state index contributed by atoms with van der Waals surface area (Å²) in [6.07, 6.45) is -9.51. The van der Waals surface area contributed by atoms with E-state index in [1.54, 1.807) is 12.1 Å². The number of hydrogen-bond donors (Lipinski definition) is 0. The SMILES string of the molecule is O=C[C@@H]1CCO[C@H](OCCc2cc(C(F)(F)F)cc(C(F)(F)F)c2)[C@H]1c1ccccc1. The zero-order valence-corrected chi connectivity index (χ0v) is 16.2. The number of ether oxygens (including phenoxy) is 2. The largest absolute Gasteiger partial charge is 0.416 e. The molecule has 3 rings (SSSR count). The highest BCUT2D eigenvalue weighted by molar-refractivity contribution is 5.56. The van der Waals surface area contributed by atoms with Crippen LogP contribution in [0.1, 0.15) is 34.6 Å². The van der Waals surface area contributed by atoms with Crippen LogP contribution in [-0.2, 0) is 33.0 Å². The van der Waals surface area contributed by atoms with E-state index in [9.17, 15) is 31.1 Å². The van der Waals surface area contributed by atoms with Gasteiger partial charge in [-0.15, -0.1) is 0 Å². The zero-order chi connectivity index (χ0) is 22.6. The number of carbonyl (C=O) groups excluding carboxylic acids is 1. The Morgan fingerprint density at radius 3 is 2.13 bits per heavy atom. The third-order valence-corrected chi connectivity index (χ3v) is 5.17. The van der Waals surface area contributed by atoms with Gasteiger partial charge in [0.05, 0.1) is 24.3 Å². The van der Waals surface area contributed by atoms with E-state index in [1.807, 2.05) is 18.2 Å². The number of hydrogen-bond acceptors (Lipinski definition) is 3. The van der Waals surface area contributed by atoms with Gasteiger partial charge in [-0.05, 0) is 42.2 Å². The second-order valence-electron chi connectivity index (χ2n) is 7.30. The van der Waals surface area contributed by atoms with Gasteiger partial charge in [-0.25, -0.2) is 0 Å². The number of rotatable bonds is 6.